The average molecular weight is 260 g/mol. The van der Waals surface area contributed by atoms with Gasteiger partial charge in [-0.05, 0) is 24.7 Å². The highest BCUT2D eigenvalue weighted by Gasteiger charge is 2.49. The first-order valence-corrected chi connectivity index (χ1v) is 6.54. The molecule has 1 fully saturated rings. The Labute approximate surface area is 93.1 Å². The topological polar surface area (TPSA) is 43.4 Å². The molecule has 0 aliphatic heterocycles. The molecule has 0 amide bonds. The van der Waals surface area contributed by atoms with Crippen LogP contribution >= 0.6 is 0 Å². The molecule has 7 heteroatoms. The summed E-state index contributed by atoms with van der Waals surface area (Å²) in [5.41, 5.74) is -5.33. The molecule has 0 bridgehead atoms. The van der Waals surface area contributed by atoms with Gasteiger partial charge in [-0.1, -0.05) is 20.3 Å². The van der Waals surface area contributed by atoms with E-state index in [1.165, 1.54) is 0 Å². The lowest BCUT2D eigenvalue weighted by atomic mass is 9.82. The smallest absolute Gasteiger partial charge is 0.260 e. The van der Waals surface area contributed by atoms with Crippen LogP contribution < -0.4 is 0 Å². The fraction of sp³-hybridized carbons (Fsp3) is 1.00. The monoisotopic (exact) mass is 260 g/mol. The van der Waals surface area contributed by atoms with Crippen LogP contribution in [-0.4, -0.2) is 20.0 Å². The van der Waals surface area contributed by atoms with E-state index in [4.69, 9.17) is 0 Å². The number of halogens is 3. The number of hydrogen-bond acceptors (Lipinski definition) is 3. The summed E-state index contributed by atoms with van der Waals surface area (Å²) in [6.45, 7) is 3.59. The molecule has 0 spiro atoms. The first kappa shape index (κ1) is 13.8. The summed E-state index contributed by atoms with van der Waals surface area (Å²) in [4.78, 5) is 0. The summed E-state index contributed by atoms with van der Waals surface area (Å²) in [7, 11) is -5.45. The molecule has 0 aromatic rings. The molecular weight excluding hydrogens is 245 g/mol. The predicted molar refractivity (Wildman–Crippen MR) is 52.0 cm³/mol. The number of rotatable bonds is 2. The van der Waals surface area contributed by atoms with Crippen molar-refractivity contribution in [3.8, 4) is 0 Å². The first-order valence-electron chi connectivity index (χ1n) is 5.13. The van der Waals surface area contributed by atoms with Gasteiger partial charge >= 0.3 is 15.6 Å². The predicted octanol–water partition coefficient (Wildman–Crippen LogP) is 2.68. The van der Waals surface area contributed by atoms with E-state index < -0.39 is 21.7 Å². The lowest BCUT2D eigenvalue weighted by Crippen LogP contribution is -2.36. The zero-order valence-corrected chi connectivity index (χ0v) is 9.94. The van der Waals surface area contributed by atoms with E-state index in [1.54, 1.807) is 6.92 Å². The maximum Gasteiger partial charge on any atom is 0.523 e. The minimum absolute atomic E-state index is 0.159. The largest absolute Gasteiger partial charge is 0.523 e. The van der Waals surface area contributed by atoms with Crippen molar-refractivity contribution in [2.75, 3.05) is 0 Å². The number of alkyl halides is 3. The van der Waals surface area contributed by atoms with Gasteiger partial charge in [-0.15, -0.1) is 0 Å². The van der Waals surface area contributed by atoms with Gasteiger partial charge in [0.25, 0.3) is 0 Å². The first-order chi connectivity index (χ1) is 7.13. The van der Waals surface area contributed by atoms with E-state index in [0.29, 0.717) is 12.8 Å². The Morgan fingerprint density at radius 2 is 1.75 bits per heavy atom. The van der Waals surface area contributed by atoms with E-state index in [1.807, 2.05) is 6.92 Å². The molecule has 0 saturated heterocycles. The van der Waals surface area contributed by atoms with Gasteiger partial charge in [-0.3, -0.25) is 4.18 Å². The van der Waals surface area contributed by atoms with E-state index in [9.17, 15) is 21.6 Å². The second-order valence-electron chi connectivity index (χ2n) is 4.43. The second kappa shape index (κ2) is 4.52. The lowest BCUT2D eigenvalue weighted by molar-refractivity contribution is -0.0617. The van der Waals surface area contributed by atoms with Gasteiger partial charge in [0, 0.05) is 0 Å². The third-order valence-corrected chi connectivity index (χ3v) is 3.99. The second-order valence-corrected chi connectivity index (χ2v) is 5.99. The maximum atomic E-state index is 12.1. The van der Waals surface area contributed by atoms with Crippen molar-refractivity contribution >= 4 is 10.1 Å². The Hall–Kier alpha value is -0.300. The molecule has 1 rings (SSSR count). The summed E-state index contributed by atoms with van der Waals surface area (Å²) < 4.78 is 62.2. The standard InChI is InChI=1S/C9H15F3O3S/c1-6-3-4-7(2)8(5-6)15-16(13,14)9(10,11)12/h6-8H,3-5H2,1-2H3. The van der Waals surface area contributed by atoms with Crippen LogP contribution in [-0.2, 0) is 14.3 Å². The van der Waals surface area contributed by atoms with E-state index in [2.05, 4.69) is 4.18 Å². The van der Waals surface area contributed by atoms with Gasteiger partial charge in [0.15, 0.2) is 0 Å². The Morgan fingerprint density at radius 3 is 2.25 bits per heavy atom. The maximum absolute atomic E-state index is 12.1. The van der Waals surface area contributed by atoms with Crippen molar-refractivity contribution in [3.63, 3.8) is 0 Å². The van der Waals surface area contributed by atoms with Crippen LogP contribution in [0.25, 0.3) is 0 Å². The molecule has 16 heavy (non-hydrogen) atoms. The van der Waals surface area contributed by atoms with Gasteiger partial charge < -0.3 is 0 Å². The Morgan fingerprint density at radius 1 is 1.19 bits per heavy atom. The van der Waals surface area contributed by atoms with Crippen LogP contribution in [0.5, 0.6) is 0 Å². The lowest BCUT2D eigenvalue weighted by Gasteiger charge is -2.31. The Balaban J connectivity index is 2.73. The highest BCUT2D eigenvalue weighted by molar-refractivity contribution is 7.87. The van der Waals surface area contributed by atoms with Crippen LogP contribution in [0.4, 0.5) is 13.2 Å². The van der Waals surface area contributed by atoms with Crippen LogP contribution in [0.1, 0.15) is 33.1 Å². The van der Waals surface area contributed by atoms with Gasteiger partial charge in [0.2, 0.25) is 0 Å². The van der Waals surface area contributed by atoms with Crippen molar-refractivity contribution in [3.05, 3.63) is 0 Å². The molecule has 3 atom stereocenters. The molecular formula is C9H15F3O3S. The molecule has 0 N–H and O–H groups in total. The number of hydrogen-bond donors (Lipinski definition) is 0. The van der Waals surface area contributed by atoms with Gasteiger partial charge in [-0.2, -0.15) is 21.6 Å². The normalized spacial score (nSPS) is 32.7. The fourth-order valence-corrected chi connectivity index (χ4v) is 2.53. The molecule has 0 heterocycles. The van der Waals surface area contributed by atoms with Gasteiger partial charge in [0.05, 0.1) is 6.10 Å². The zero-order valence-electron chi connectivity index (χ0n) is 9.12. The molecule has 96 valence electrons. The molecule has 3 unspecified atom stereocenters. The molecule has 0 radical (unpaired) electrons. The van der Waals surface area contributed by atoms with Gasteiger partial charge in [0.1, 0.15) is 0 Å². The molecule has 0 aromatic carbocycles. The van der Waals surface area contributed by atoms with Crippen molar-refractivity contribution in [2.45, 2.75) is 44.7 Å². The SMILES string of the molecule is CC1CCC(C)C(OS(=O)(=O)C(F)(F)F)C1. The van der Waals surface area contributed by atoms with E-state index in [0.717, 1.165) is 6.42 Å². The van der Waals surface area contributed by atoms with Crippen LogP contribution in [0.3, 0.4) is 0 Å². The molecule has 0 aromatic heterocycles. The van der Waals surface area contributed by atoms with Crippen molar-refractivity contribution in [1.29, 1.82) is 0 Å². The molecule has 3 nitrogen and oxygen atoms in total. The summed E-state index contributed by atoms with van der Waals surface area (Å²) in [6.07, 6.45) is 1.10. The van der Waals surface area contributed by atoms with Crippen molar-refractivity contribution in [2.24, 2.45) is 11.8 Å². The van der Waals surface area contributed by atoms with Crippen LogP contribution in [0, 0.1) is 11.8 Å². The van der Waals surface area contributed by atoms with Crippen molar-refractivity contribution in [1.82, 2.24) is 0 Å². The third kappa shape index (κ3) is 3.10. The zero-order chi connectivity index (χ0) is 12.6. The molecule has 1 aliphatic carbocycles. The minimum Gasteiger partial charge on any atom is -0.260 e. The highest BCUT2D eigenvalue weighted by atomic mass is 32.2. The summed E-state index contributed by atoms with van der Waals surface area (Å²) in [6, 6.07) is 0. The fourth-order valence-electron chi connectivity index (χ4n) is 1.83. The average Bonchev–Trinajstić information content (AvgIpc) is 2.09. The Kier molecular flexibility index (Phi) is 3.89. The van der Waals surface area contributed by atoms with E-state index >= 15 is 0 Å². The highest BCUT2D eigenvalue weighted by Crippen LogP contribution is 2.34. The third-order valence-electron chi connectivity index (χ3n) is 2.92. The van der Waals surface area contributed by atoms with Crippen LogP contribution in [0.2, 0.25) is 0 Å². The summed E-state index contributed by atoms with van der Waals surface area (Å²) in [5.74, 6) is 0.0398. The van der Waals surface area contributed by atoms with Gasteiger partial charge in [-0.25, -0.2) is 0 Å². The van der Waals surface area contributed by atoms with Crippen molar-refractivity contribution < 1.29 is 25.8 Å². The quantitative estimate of drug-likeness (QED) is 0.566. The summed E-state index contributed by atoms with van der Waals surface area (Å²) >= 11 is 0. The minimum atomic E-state index is -5.45. The molecule has 1 saturated carbocycles. The summed E-state index contributed by atoms with van der Waals surface area (Å²) in [5, 5.41) is 0. The van der Waals surface area contributed by atoms with E-state index in [-0.39, 0.29) is 11.8 Å². The Bertz CT molecular complexity index is 336. The van der Waals surface area contributed by atoms with Crippen LogP contribution in [0.15, 0.2) is 0 Å². The molecule has 1 aliphatic rings.